The Kier molecular flexibility index (Phi) is 5.44. The van der Waals surface area contributed by atoms with E-state index in [9.17, 15) is 8.42 Å². The summed E-state index contributed by atoms with van der Waals surface area (Å²) in [5.41, 5.74) is 0.685. The highest BCUT2D eigenvalue weighted by Crippen LogP contribution is 2.24. The van der Waals surface area contributed by atoms with Gasteiger partial charge in [0.05, 0.1) is 12.0 Å². The molecule has 0 amide bonds. The molecule has 0 aliphatic carbocycles. The first-order valence-corrected chi connectivity index (χ1v) is 7.64. The molecule has 1 rings (SSSR count). The SMILES string of the molecule is CCN(C)S(=O)(=O)c1ccc(OC)cc1CCCl. The Bertz CT molecular complexity index is 502. The molecule has 1 aromatic rings. The van der Waals surface area contributed by atoms with Gasteiger partial charge in [0.15, 0.2) is 0 Å². The molecule has 0 fully saturated rings. The normalized spacial score (nSPS) is 11.8. The maximum absolute atomic E-state index is 12.3. The minimum atomic E-state index is -3.45. The van der Waals surface area contributed by atoms with Crippen molar-refractivity contribution in [2.45, 2.75) is 18.2 Å². The molecule has 0 saturated heterocycles. The number of hydrogen-bond acceptors (Lipinski definition) is 3. The number of halogens is 1. The molecule has 0 aromatic heterocycles. The second-order valence-corrected chi connectivity index (χ2v) is 6.22. The minimum Gasteiger partial charge on any atom is -0.497 e. The minimum absolute atomic E-state index is 0.299. The zero-order valence-corrected chi connectivity index (χ0v) is 12.4. The molecule has 0 aliphatic heterocycles. The Labute approximate surface area is 114 Å². The Hall–Kier alpha value is -0.780. The summed E-state index contributed by atoms with van der Waals surface area (Å²) in [5.74, 6) is 0.999. The van der Waals surface area contributed by atoms with Crippen LogP contribution in [0.1, 0.15) is 12.5 Å². The fraction of sp³-hybridized carbons (Fsp3) is 0.500. The third kappa shape index (κ3) is 3.16. The molecule has 0 bridgehead atoms. The Morgan fingerprint density at radius 1 is 1.39 bits per heavy atom. The van der Waals surface area contributed by atoms with Crippen LogP contribution in [-0.2, 0) is 16.4 Å². The van der Waals surface area contributed by atoms with Gasteiger partial charge in [-0.1, -0.05) is 6.92 Å². The van der Waals surface area contributed by atoms with Gasteiger partial charge >= 0.3 is 0 Å². The second kappa shape index (κ2) is 6.41. The number of aryl methyl sites for hydroxylation is 1. The van der Waals surface area contributed by atoms with Crippen molar-refractivity contribution in [3.63, 3.8) is 0 Å². The van der Waals surface area contributed by atoms with Gasteiger partial charge in [-0.2, -0.15) is 0 Å². The summed E-state index contributed by atoms with van der Waals surface area (Å²) >= 11 is 5.72. The van der Waals surface area contributed by atoms with E-state index in [0.29, 0.717) is 35.1 Å². The molecule has 0 heterocycles. The number of hydrogen-bond donors (Lipinski definition) is 0. The molecule has 1 aromatic carbocycles. The maximum Gasteiger partial charge on any atom is 0.243 e. The Morgan fingerprint density at radius 3 is 2.56 bits per heavy atom. The van der Waals surface area contributed by atoms with E-state index in [0.717, 1.165) is 0 Å². The van der Waals surface area contributed by atoms with Gasteiger partial charge in [-0.05, 0) is 30.2 Å². The summed E-state index contributed by atoms with van der Waals surface area (Å²) < 4.78 is 31.0. The number of methoxy groups -OCH3 is 1. The summed E-state index contributed by atoms with van der Waals surface area (Å²) in [6.07, 6.45) is 0.491. The summed E-state index contributed by atoms with van der Waals surface area (Å²) in [6.45, 7) is 2.22. The molecule has 0 radical (unpaired) electrons. The van der Waals surface area contributed by atoms with Crippen LogP contribution in [0.4, 0.5) is 0 Å². The molecule has 0 atom stereocenters. The first-order chi connectivity index (χ1) is 8.47. The number of nitrogens with zero attached hydrogens (tertiary/aromatic N) is 1. The van der Waals surface area contributed by atoms with Gasteiger partial charge in [0.2, 0.25) is 10.0 Å². The van der Waals surface area contributed by atoms with Crippen molar-refractivity contribution in [2.75, 3.05) is 26.6 Å². The fourth-order valence-corrected chi connectivity index (χ4v) is 3.18. The lowest BCUT2D eigenvalue weighted by atomic mass is 10.1. The number of alkyl halides is 1. The van der Waals surface area contributed by atoms with Crippen LogP contribution in [0, 0.1) is 0 Å². The van der Waals surface area contributed by atoms with Crippen molar-refractivity contribution < 1.29 is 13.2 Å². The zero-order valence-electron chi connectivity index (χ0n) is 10.8. The number of benzene rings is 1. The first-order valence-electron chi connectivity index (χ1n) is 5.66. The molecule has 4 nitrogen and oxygen atoms in total. The van der Waals surface area contributed by atoms with Crippen LogP contribution in [0.2, 0.25) is 0 Å². The van der Waals surface area contributed by atoms with Crippen LogP contribution in [-0.4, -0.2) is 39.3 Å². The standard InChI is InChI=1S/C12H18ClNO3S/c1-4-14(2)18(15,16)12-6-5-11(17-3)9-10(12)7-8-13/h5-6,9H,4,7-8H2,1-3H3. The highest BCUT2D eigenvalue weighted by atomic mass is 35.5. The van der Waals surface area contributed by atoms with E-state index < -0.39 is 10.0 Å². The van der Waals surface area contributed by atoms with E-state index in [4.69, 9.17) is 16.3 Å². The third-order valence-corrected chi connectivity index (χ3v) is 4.99. The first kappa shape index (κ1) is 15.3. The Balaban J connectivity index is 3.31. The van der Waals surface area contributed by atoms with Crippen molar-refractivity contribution in [3.8, 4) is 5.75 Å². The Morgan fingerprint density at radius 2 is 2.06 bits per heavy atom. The second-order valence-electron chi connectivity index (χ2n) is 3.83. The van der Waals surface area contributed by atoms with Gasteiger partial charge in [0.25, 0.3) is 0 Å². The summed E-state index contributed by atoms with van der Waals surface area (Å²) in [4.78, 5) is 0.299. The van der Waals surface area contributed by atoms with Gasteiger partial charge in [0, 0.05) is 19.5 Å². The zero-order chi connectivity index (χ0) is 13.8. The maximum atomic E-state index is 12.3. The van der Waals surface area contributed by atoms with Crippen LogP contribution in [0.3, 0.4) is 0 Å². The molecular weight excluding hydrogens is 274 g/mol. The molecule has 0 aliphatic rings. The summed E-state index contributed by atoms with van der Waals surface area (Å²) in [7, 11) is -0.340. The lowest BCUT2D eigenvalue weighted by Crippen LogP contribution is -2.27. The average Bonchev–Trinajstić information content (AvgIpc) is 2.37. The predicted octanol–water partition coefficient (Wildman–Crippen LogP) is 2.12. The molecule has 0 N–H and O–H groups in total. The lowest BCUT2D eigenvalue weighted by molar-refractivity contribution is 0.413. The summed E-state index contributed by atoms with van der Waals surface area (Å²) in [5, 5.41) is 0. The van der Waals surface area contributed by atoms with Crippen LogP contribution in [0.25, 0.3) is 0 Å². The van der Waals surface area contributed by atoms with E-state index in [2.05, 4.69) is 0 Å². The molecule has 18 heavy (non-hydrogen) atoms. The highest BCUT2D eigenvalue weighted by molar-refractivity contribution is 7.89. The van der Waals surface area contributed by atoms with E-state index in [1.807, 2.05) is 0 Å². The van der Waals surface area contributed by atoms with Gasteiger partial charge in [0.1, 0.15) is 5.75 Å². The number of sulfonamides is 1. The van der Waals surface area contributed by atoms with Gasteiger partial charge < -0.3 is 4.74 Å². The van der Waals surface area contributed by atoms with Crippen LogP contribution < -0.4 is 4.74 Å². The third-order valence-electron chi connectivity index (χ3n) is 2.77. The molecular formula is C12H18ClNO3S. The van der Waals surface area contributed by atoms with Crippen molar-refractivity contribution >= 4 is 21.6 Å². The quantitative estimate of drug-likeness (QED) is 0.754. The summed E-state index contributed by atoms with van der Waals surface area (Å²) in [6, 6.07) is 4.94. The number of ether oxygens (including phenoxy) is 1. The van der Waals surface area contributed by atoms with E-state index in [1.54, 1.807) is 39.3 Å². The molecule has 0 unspecified atom stereocenters. The average molecular weight is 292 g/mol. The van der Waals surface area contributed by atoms with Crippen LogP contribution >= 0.6 is 11.6 Å². The number of rotatable bonds is 6. The molecule has 0 spiro atoms. The van der Waals surface area contributed by atoms with Gasteiger partial charge in [-0.3, -0.25) is 0 Å². The van der Waals surface area contributed by atoms with Crippen molar-refractivity contribution in [2.24, 2.45) is 0 Å². The van der Waals surface area contributed by atoms with Crippen LogP contribution in [0.15, 0.2) is 23.1 Å². The van der Waals surface area contributed by atoms with E-state index in [-0.39, 0.29) is 0 Å². The van der Waals surface area contributed by atoms with Crippen LogP contribution in [0.5, 0.6) is 5.75 Å². The molecule has 102 valence electrons. The van der Waals surface area contributed by atoms with Gasteiger partial charge in [-0.15, -0.1) is 11.6 Å². The monoisotopic (exact) mass is 291 g/mol. The largest absolute Gasteiger partial charge is 0.497 e. The lowest BCUT2D eigenvalue weighted by Gasteiger charge is -2.18. The van der Waals surface area contributed by atoms with Crippen molar-refractivity contribution in [1.82, 2.24) is 4.31 Å². The van der Waals surface area contributed by atoms with Gasteiger partial charge in [-0.25, -0.2) is 12.7 Å². The molecule has 6 heteroatoms. The molecule has 0 saturated carbocycles. The highest BCUT2D eigenvalue weighted by Gasteiger charge is 2.22. The van der Waals surface area contributed by atoms with E-state index in [1.165, 1.54) is 4.31 Å². The topological polar surface area (TPSA) is 46.6 Å². The van der Waals surface area contributed by atoms with E-state index >= 15 is 0 Å². The smallest absolute Gasteiger partial charge is 0.243 e. The van der Waals surface area contributed by atoms with Crippen molar-refractivity contribution in [1.29, 1.82) is 0 Å². The van der Waals surface area contributed by atoms with Crippen molar-refractivity contribution in [3.05, 3.63) is 23.8 Å². The predicted molar refractivity (Wildman–Crippen MR) is 72.9 cm³/mol. The fourth-order valence-electron chi connectivity index (χ4n) is 1.57.